The number of alkyl halides is 1. The lowest BCUT2D eigenvalue weighted by Gasteiger charge is -2.44. The van der Waals surface area contributed by atoms with Gasteiger partial charge in [-0.15, -0.1) is 0 Å². The van der Waals surface area contributed by atoms with Crippen LogP contribution in [0.5, 0.6) is 11.5 Å². The summed E-state index contributed by atoms with van der Waals surface area (Å²) >= 11 is 0. The van der Waals surface area contributed by atoms with Crippen LogP contribution >= 0.6 is 0 Å². The van der Waals surface area contributed by atoms with Crippen LogP contribution in [-0.4, -0.2) is 50.5 Å². The number of ether oxygens (including phenoxy) is 3. The number of methoxy groups -OCH3 is 3. The average molecular weight is 442 g/mol. The first-order chi connectivity index (χ1) is 15.2. The van der Waals surface area contributed by atoms with E-state index in [0.717, 1.165) is 23.1 Å². The van der Waals surface area contributed by atoms with Crippen LogP contribution in [0.4, 0.5) is 4.39 Å². The Morgan fingerprint density at radius 2 is 1.81 bits per heavy atom. The molecular weight excluding hydrogens is 409 g/mol. The number of carbonyl (C=O) groups excluding carboxylic acids is 1. The second-order valence-corrected chi connectivity index (χ2v) is 8.74. The zero-order valence-electron chi connectivity index (χ0n) is 19.6. The molecule has 1 heterocycles. The van der Waals surface area contributed by atoms with Gasteiger partial charge in [-0.05, 0) is 56.0 Å². The van der Waals surface area contributed by atoms with E-state index in [1.165, 1.54) is 18.7 Å². The second kappa shape index (κ2) is 9.74. The summed E-state index contributed by atoms with van der Waals surface area (Å²) in [6.07, 6.45) is 3.89. The molecule has 2 aromatic carbocycles. The first-order valence-corrected chi connectivity index (χ1v) is 10.7. The summed E-state index contributed by atoms with van der Waals surface area (Å²) in [5, 5.41) is 0. The Balaban J connectivity index is 2.12. The van der Waals surface area contributed by atoms with Gasteiger partial charge in [-0.3, -0.25) is 4.90 Å². The van der Waals surface area contributed by atoms with E-state index in [1.807, 2.05) is 30.3 Å². The van der Waals surface area contributed by atoms with Gasteiger partial charge in [0.2, 0.25) is 0 Å². The number of fused-ring (bicyclic) bond motifs is 1. The molecule has 0 radical (unpaired) electrons. The molecule has 0 unspecified atom stereocenters. The highest BCUT2D eigenvalue weighted by Crippen LogP contribution is 2.47. The molecule has 2 aromatic rings. The van der Waals surface area contributed by atoms with E-state index in [2.05, 4.69) is 22.6 Å². The van der Waals surface area contributed by atoms with Crippen LogP contribution in [0.1, 0.15) is 49.1 Å². The first kappa shape index (κ1) is 23.8. The molecule has 0 fully saturated rings. The minimum absolute atomic E-state index is 0.138. The van der Waals surface area contributed by atoms with Crippen LogP contribution in [0.25, 0.3) is 6.08 Å². The molecule has 0 aliphatic carbocycles. The predicted molar refractivity (Wildman–Crippen MR) is 124 cm³/mol. The Morgan fingerprint density at radius 3 is 2.38 bits per heavy atom. The second-order valence-electron chi connectivity index (χ2n) is 8.74. The molecule has 1 aliphatic heterocycles. The van der Waals surface area contributed by atoms with E-state index in [0.29, 0.717) is 11.5 Å². The van der Waals surface area contributed by atoms with E-state index >= 15 is 0 Å². The van der Waals surface area contributed by atoms with Gasteiger partial charge in [0.25, 0.3) is 0 Å². The number of nitrogens with zero attached hydrogens (tertiary/aromatic N) is 1. The van der Waals surface area contributed by atoms with Crippen LogP contribution in [0.3, 0.4) is 0 Å². The molecule has 1 aliphatic rings. The van der Waals surface area contributed by atoms with E-state index in [-0.39, 0.29) is 18.6 Å². The molecule has 0 saturated carbocycles. The zero-order valence-corrected chi connectivity index (χ0v) is 19.6. The molecule has 5 nitrogen and oxygen atoms in total. The zero-order chi connectivity index (χ0) is 23.5. The third-order valence-electron chi connectivity index (χ3n) is 5.78. The van der Waals surface area contributed by atoms with Crippen molar-refractivity contribution in [2.24, 2.45) is 0 Å². The highest BCUT2D eigenvalue weighted by molar-refractivity contribution is 5.86. The predicted octanol–water partition coefficient (Wildman–Crippen LogP) is 4.97. The lowest BCUT2D eigenvalue weighted by atomic mass is 9.83. The number of benzene rings is 2. The third-order valence-corrected chi connectivity index (χ3v) is 5.78. The minimum atomic E-state index is -1.36. The van der Waals surface area contributed by atoms with Crippen LogP contribution in [0.15, 0.2) is 42.5 Å². The first-order valence-electron chi connectivity index (χ1n) is 10.7. The van der Waals surface area contributed by atoms with Gasteiger partial charge in [-0.1, -0.05) is 30.3 Å². The number of halogens is 1. The van der Waals surface area contributed by atoms with Crippen molar-refractivity contribution < 1.29 is 23.4 Å². The Bertz CT molecular complexity index is 979. The maximum Gasteiger partial charge on any atom is 0.330 e. The van der Waals surface area contributed by atoms with Gasteiger partial charge in [0.05, 0.1) is 27.4 Å². The molecule has 32 heavy (non-hydrogen) atoms. The minimum Gasteiger partial charge on any atom is -0.493 e. The van der Waals surface area contributed by atoms with Crippen molar-refractivity contribution in [2.75, 3.05) is 27.9 Å². The fourth-order valence-corrected chi connectivity index (χ4v) is 4.39. The van der Waals surface area contributed by atoms with E-state index < -0.39 is 11.6 Å². The highest BCUT2D eigenvalue weighted by Gasteiger charge is 2.39. The van der Waals surface area contributed by atoms with Crippen molar-refractivity contribution in [1.82, 2.24) is 4.90 Å². The third kappa shape index (κ3) is 5.13. The molecule has 0 amide bonds. The van der Waals surface area contributed by atoms with Gasteiger partial charge in [0, 0.05) is 24.2 Å². The summed E-state index contributed by atoms with van der Waals surface area (Å²) in [5.41, 5.74) is 2.70. The quantitative estimate of drug-likeness (QED) is 0.448. The molecule has 172 valence electrons. The largest absolute Gasteiger partial charge is 0.493 e. The summed E-state index contributed by atoms with van der Waals surface area (Å²) in [7, 11) is 4.60. The van der Waals surface area contributed by atoms with Crippen molar-refractivity contribution in [2.45, 2.75) is 44.9 Å². The Labute approximate surface area is 189 Å². The maximum atomic E-state index is 14.9. The summed E-state index contributed by atoms with van der Waals surface area (Å²) in [6, 6.07) is 11.9. The summed E-state index contributed by atoms with van der Waals surface area (Å²) in [6.45, 7) is 5.63. The molecule has 0 bridgehead atoms. The lowest BCUT2D eigenvalue weighted by molar-refractivity contribution is -0.134. The number of esters is 1. The average Bonchev–Trinajstić information content (AvgIpc) is 2.76. The van der Waals surface area contributed by atoms with Gasteiger partial charge in [0.15, 0.2) is 11.5 Å². The van der Waals surface area contributed by atoms with Gasteiger partial charge < -0.3 is 14.2 Å². The fraction of sp³-hybridized carbons (Fsp3) is 0.423. The normalized spacial score (nSPS) is 19.0. The van der Waals surface area contributed by atoms with Crippen molar-refractivity contribution in [3.63, 3.8) is 0 Å². The smallest absolute Gasteiger partial charge is 0.330 e. The maximum absolute atomic E-state index is 14.9. The molecule has 0 aromatic heterocycles. The topological polar surface area (TPSA) is 48.0 Å². The number of hydrogen-bond acceptors (Lipinski definition) is 5. The van der Waals surface area contributed by atoms with Crippen LogP contribution < -0.4 is 9.47 Å². The number of hydrogen-bond donors (Lipinski definition) is 0. The van der Waals surface area contributed by atoms with Gasteiger partial charge in [0.1, 0.15) is 5.67 Å². The highest BCUT2D eigenvalue weighted by atomic mass is 19.1. The van der Waals surface area contributed by atoms with Crippen molar-refractivity contribution in [3.8, 4) is 11.5 Å². The standard InChI is InChI=1S/C26H32FNO4/c1-17-15-20-12-13-21(30-4)25(32-6)23(20)24(28(17)16-26(2,3)27)19-10-7-18(8-11-19)9-14-22(29)31-5/h7-14,17,24H,15-16H2,1-6H3/b14-9+/t17-,24-/m0/s1. The number of rotatable bonds is 7. The van der Waals surface area contributed by atoms with Crippen LogP contribution in [0, 0.1) is 0 Å². The SMILES string of the molecule is COC(=O)/C=C/c1ccc([C@H]2c3c(ccc(OC)c3OC)C[C@H](C)N2CC(C)(C)F)cc1. The van der Waals surface area contributed by atoms with E-state index in [9.17, 15) is 9.18 Å². The number of carbonyl (C=O) groups is 1. The molecule has 0 saturated heterocycles. The molecule has 6 heteroatoms. The molecular formula is C26H32FNO4. The van der Waals surface area contributed by atoms with Gasteiger partial charge >= 0.3 is 5.97 Å². The molecule has 2 atom stereocenters. The van der Waals surface area contributed by atoms with Crippen molar-refractivity contribution in [3.05, 3.63) is 64.7 Å². The fourth-order valence-electron chi connectivity index (χ4n) is 4.39. The summed E-state index contributed by atoms with van der Waals surface area (Å²) in [5.74, 6) is 0.929. The van der Waals surface area contributed by atoms with Crippen molar-refractivity contribution >= 4 is 12.0 Å². The van der Waals surface area contributed by atoms with E-state index in [4.69, 9.17) is 9.47 Å². The summed E-state index contributed by atoms with van der Waals surface area (Å²) < 4.78 is 30.9. The molecule has 0 spiro atoms. The Hall–Kier alpha value is -2.86. The lowest BCUT2D eigenvalue weighted by Crippen LogP contribution is -2.47. The van der Waals surface area contributed by atoms with Crippen molar-refractivity contribution in [1.29, 1.82) is 0 Å². The summed E-state index contributed by atoms with van der Waals surface area (Å²) in [4.78, 5) is 13.6. The monoisotopic (exact) mass is 441 g/mol. The van der Waals surface area contributed by atoms with Gasteiger partial charge in [-0.2, -0.15) is 0 Å². The van der Waals surface area contributed by atoms with E-state index in [1.54, 1.807) is 34.1 Å². The Kier molecular flexibility index (Phi) is 7.24. The molecule has 3 rings (SSSR count). The van der Waals surface area contributed by atoms with Crippen LogP contribution in [-0.2, 0) is 16.0 Å². The molecule has 0 N–H and O–H groups in total. The Morgan fingerprint density at radius 1 is 1.12 bits per heavy atom. The van der Waals surface area contributed by atoms with Gasteiger partial charge in [-0.25, -0.2) is 9.18 Å². The van der Waals surface area contributed by atoms with Crippen LogP contribution in [0.2, 0.25) is 0 Å².